The van der Waals surface area contributed by atoms with Gasteiger partial charge in [-0.1, -0.05) is 50.8 Å². The Morgan fingerprint density at radius 1 is 1.18 bits per heavy atom. The van der Waals surface area contributed by atoms with Crippen LogP contribution in [-0.2, 0) is 4.79 Å². The van der Waals surface area contributed by atoms with Crippen molar-refractivity contribution in [1.29, 1.82) is 0 Å². The van der Waals surface area contributed by atoms with Crippen molar-refractivity contribution in [2.24, 2.45) is 0 Å². The van der Waals surface area contributed by atoms with Gasteiger partial charge in [0.25, 0.3) is 0 Å². The van der Waals surface area contributed by atoms with Crippen LogP contribution in [0.5, 0.6) is 0 Å². The monoisotopic (exact) mass is 240 g/mol. The van der Waals surface area contributed by atoms with E-state index in [9.17, 15) is 9.90 Å². The summed E-state index contributed by atoms with van der Waals surface area (Å²) in [6.07, 6.45) is 13.1. The van der Waals surface area contributed by atoms with Gasteiger partial charge in [-0.2, -0.15) is 0 Å². The van der Waals surface area contributed by atoms with Crippen LogP contribution in [0.3, 0.4) is 0 Å². The van der Waals surface area contributed by atoms with Crippen molar-refractivity contribution in [3.63, 3.8) is 0 Å². The molecule has 0 amide bonds. The van der Waals surface area contributed by atoms with E-state index in [2.05, 4.69) is 6.92 Å². The zero-order valence-electron chi connectivity index (χ0n) is 10.6. The normalized spacial score (nSPS) is 13.5. The zero-order valence-corrected chi connectivity index (χ0v) is 10.6. The predicted octanol–water partition coefficient (Wildman–Crippen LogP) is 3.29. The van der Waals surface area contributed by atoms with E-state index in [0.717, 1.165) is 31.8 Å². The summed E-state index contributed by atoms with van der Waals surface area (Å²) in [7, 11) is 0. The molecule has 2 N–H and O–H groups in total. The number of carboxylic acids is 1. The van der Waals surface area contributed by atoms with Gasteiger partial charge >= 0.3 is 5.97 Å². The molecule has 0 saturated heterocycles. The SMILES string of the molecule is CCCCCCC(O)CCC=CC=CC(=O)O. The second-order valence-corrected chi connectivity index (χ2v) is 4.21. The number of allylic oxidation sites excluding steroid dienone is 3. The highest BCUT2D eigenvalue weighted by atomic mass is 16.4. The van der Waals surface area contributed by atoms with Crippen LogP contribution in [0, 0.1) is 0 Å². The quantitative estimate of drug-likeness (QED) is 0.350. The first kappa shape index (κ1) is 15.9. The summed E-state index contributed by atoms with van der Waals surface area (Å²) in [6, 6.07) is 0. The lowest BCUT2D eigenvalue weighted by Gasteiger charge is -2.08. The highest BCUT2D eigenvalue weighted by molar-refractivity contribution is 5.80. The molecule has 0 aromatic carbocycles. The van der Waals surface area contributed by atoms with Crippen molar-refractivity contribution in [2.75, 3.05) is 0 Å². The Morgan fingerprint density at radius 3 is 2.59 bits per heavy atom. The van der Waals surface area contributed by atoms with E-state index >= 15 is 0 Å². The van der Waals surface area contributed by atoms with Crippen LogP contribution >= 0.6 is 0 Å². The molecule has 0 rings (SSSR count). The number of aliphatic carboxylic acids is 1. The maximum atomic E-state index is 10.2. The minimum atomic E-state index is -0.939. The van der Waals surface area contributed by atoms with Crippen molar-refractivity contribution in [1.82, 2.24) is 0 Å². The number of hydrogen-bond acceptors (Lipinski definition) is 2. The molecule has 98 valence electrons. The number of hydrogen-bond donors (Lipinski definition) is 2. The largest absolute Gasteiger partial charge is 0.478 e. The predicted molar refractivity (Wildman–Crippen MR) is 69.9 cm³/mol. The molecular formula is C14H24O3. The summed E-state index contributed by atoms with van der Waals surface area (Å²) >= 11 is 0. The molecule has 3 nitrogen and oxygen atoms in total. The molecule has 0 aliphatic heterocycles. The molecule has 0 radical (unpaired) electrons. The molecule has 0 saturated carbocycles. The first-order chi connectivity index (χ1) is 8.16. The molecule has 0 aromatic heterocycles. The molecule has 1 atom stereocenters. The zero-order chi connectivity index (χ0) is 12.9. The third-order valence-corrected chi connectivity index (χ3v) is 2.54. The minimum absolute atomic E-state index is 0.222. The Labute approximate surface area is 104 Å². The molecule has 0 aliphatic carbocycles. The Kier molecular flexibility index (Phi) is 10.7. The van der Waals surface area contributed by atoms with Gasteiger partial charge in [0.15, 0.2) is 0 Å². The highest BCUT2D eigenvalue weighted by Gasteiger charge is 2.01. The summed E-state index contributed by atoms with van der Waals surface area (Å²) in [6.45, 7) is 2.17. The number of carboxylic acid groups (broad SMARTS) is 1. The molecule has 0 aliphatic rings. The maximum Gasteiger partial charge on any atom is 0.328 e. The summed E-state index contributed by atoms with van der Waals surface area (Å²) in [4.78, 5) is 10.2. The molecule has 0 aromatic rings. The lowest BCUT2D eigenvalue weighted by atomic mass is 10.1. The maximum absolute atomic E-state index is 10.2. The lowest BCUT2D eigenvalue weighted by molar-refractivity contribution is -0.131. The number of rotatable bonds is 10. The molecule has 0 heterocycles. The first-order valence-electron chi connectivity index (χ1n) is 6.41. The third kappa shape index (κ3) is 12.8. The van der Waals surface area contributed by atoms with Crippen LogP contribution < -0.4 is 0 Å². The molecule has 0 fully saturated rings. The van der Waals surface area contributed by atoms with Crippen LogP contribution in [0.1, 0.15) is 51.9 Å². The van der Waals surface area contributed by atoms with Gasteiger partial charge in [-0.3, -0.25) is 0 Å². The summed E-state index contributed by atoms with van der Waals surface area (Å²) in [5, 5.41) is 18.0. The fourth-order valence-electron chi connectivity index (χ4n) is 1.55. The fraction of sp³-hybridized carbons (Fsp3) is 0.643. The first-order valence-corrected chi connectivity index (χ1v) is 6.41. The topological polar surface area (TPSA) is 57.5 Å². The van der Waals surface area contributed by atoms with E-state index < -0.39 is 5.97 Å². The number of carbonyl (C=O) groups is 1. The van der Waals surface area contributed by atoms with Crippen molar-refractivity contribution >= 4 is 5.97 Å². The van der Waals surface area contributed by atoms with E-state index in [1.54, 1.807) is 6.08 Å². The standard InChI is InChI=1S/C14H24O3/c1-2-3-4-7-10-13(15)11-8-5-6-9-12-14(16)17/h5-6,9,12-13,15H,2-4,7-8,10-11H2,1H3,(H,16,17). The van der Waals surface area contributed by atoms with Crippen molar-refractivity contribution in [3.8, 4) is 0 Å². The summed E-state index contributed by atoms with van der Waals surface area (Å²) in [5.41, 5.74) is 0. The van der Waals surface area contributed by atoms with E-state index in [1.807, 2.05) is 6.08 Å². The van der Waals surface area contributed by atoms with Crippen LogP contribution in [0.15, 0.2) is 24.3 Å². The average molecular weight is 240 g/mol. The van der Waals surface area contributed by atoms with Crippen LogP contribution in [0.4, 0.5) is 0 Å². The van der Waals surface area contributed by atoms with E-state index in [1.165, 1.54) is 25.3 Å². The summed E-state index contributed by atoms with van der Waals surface area (Å²) < 4.78 is 0. The Hall–Kier alpha value is -1.09. The van der Waals surface area contributed by atoms with Gasteiger partial charge in [-0.15, -0.1) is 0 Å². The highest BCUT2D eigenvalue weighted by Crippen LogP contribution is 2.09. The van der Waals surface area contributed by atoms with E-state index in [-0.39, 0.29) is 6.10 Å². The Morgan fingerprint density at radius 2 is 1.94 bits per heavy atom. The van der Waals surface area contributed by atoms with Gasteiger partial charge in [0, 0.05) is 6.08 Å². The van der Waals surface area contributed by atoms with Crippen LogP contribution in [-0.4, -0.2) is 22.3 Å². The Balaban J connectivity index is 3.44. The smallest absolute Gasteiger partial charge is 0.328 e. The lowest BCUT2D eigenvalue weighted by Crippen LogP contribution is -2.05. The molecule has 0 spiro atoms. The van der Waals surface area contributed by atoms with Gasteiger partial charge in [0.05, 0.1) is 6.10 Å². The van der Waals surface area contributed by atoms with Gasteiger partial charge in [0.1, 0.15) is 0 Å². The average Bonchev–Trinajstić information content (AvgIpc) is 2.29. The summed E-state index contributed by atoms with van der Waals surface area (Å²) in [5.74, 6) is -0.939. The second-order valence-electron chi connectivity index (χ2n) is 4.21. The van der Waals surface area contributed by atoms with Crippen LogP contribution in [0.2, 0.25) is 0 Å². The molecule has 3 heteroatoms. The number of aliphatic hydroxyl groups excluding tert-OH is 1. The van der Waals surface area contributed by atoms with Crippen molar-refractivity contribution in [3.05, 3.63) is 24.3 Å². The number of unbranched alkanes of at least 4 members (excludes halogenated alkanes) is 3. The van der Waals surface area contributed by atoms with Crippen molar-refractivity contribution < 1.29 is 15.0 Å². The van der Waals surface area contributed by atoms with E-state index in [4.69, 9.17) is 5.11 Å². The van der Waals surface area contributed by atoms with Crippen molar-refractivity contribution in [2.45, 2.75) is 58.0 Å². The Bertz CT molecular complexity index is 244. The fourth-order valence-corrected chi connectivity index (χ4v) is 1.55. The van der Waals surface area contributed by atoms with Gasteiger partial charge in [-0.25, -0.2) is 4.79 Å². The molecular weight excluding hydrogens is 216 g/mol. The molecule has 1 unspecified atom stereocenters. The van der Waals surface area contributed by atoms with Gasteiger partial charge in [-0.05, 0) is 19.3 Å². The van der Waals surface area contributed by atoms with Gasteiger partial charge < -0.3 is 10.2 Å². The van der Waals surface area contributed by atoms with Gasteiger partial charge in [0.2, 0.25) is 0 Å². The minimum Gasteiger partial charge on any atom is -0.478 e. The van der Waals surface area contributed by atoms with E-state index in [0.29, 0.717) is 0 Å². The second kappa shape index (κ2) is 11.4. The van der Waals surface area contributed by atoms with Crippen LogP contribution in [0.25, 0.3) is 0 Å². The molecule has 17 heavy (non-hydrogen) atoms. The molecule has 0 bridgehead atoms. The third-order valence-electron chi connectivity index (χ3n) is 2.54. The number of aliphatic hydroxyl groups is 1.